The van der Waals surface area contributed by atoms with Gasteiger partial charge in [-0.1, -0.05) is 29.8 Å². The summed E-state index contributed by atoms with van der Waals surface area (Å²) in [5.41, 5.74) is 5.03. The molecule has 1 N–H and O–H groups in total. The molecular weight excluding hydrogens is 364 g/mol. The number of aryl methyl sites for hydroxylation is 2. The summed E-state index contributed by atoms with van der Waals surface area (Å²) in [6.45, 7) is 10.3. The highest BCUT2D eigenvalue weighted by atomic mass is 16.3. The highest BCUT2D eigenvalue weighted by molar-refractivity contribution is 5.91. The Labute approximate surface area is 172 Å². The Morgan fingerprint density at radius 1 is 1.21 bits per heavy atom. The summed E-state index contributed by atoms with van der Waals surface area (Å²) in [7, 11) is 0. The van der Waals surface area contributed by atoms with Crippen molar-refractivity contribution in [2.75, 3.05) is 0 Å². The van der Waals surface area contributed by atoms with Crippen molar-refractivity contribution >= 4 is 5.91 Å². The molecule has 0 aliphatic rings. The molecule has 0 saturated carbocycles. The third-order valence-corrected chi connectivity index (χ3v) is 4.91. The van der Waals surface area contributed by atoms with E-state index in [-0.39, 0.29) is 5.91 Å². The number of rotatable bonds is 8. The van der Waals surface area contributed by atoms with Crippen LogP contribution in [0.1, 0.15) is 52.5 Å². The quantitative estimate of drug-likeness (QED) is 0.627. The second-order valence-electron chi connectivity index (χ2n) is 7.60. The lowest BCUT2D eigenvalue weighted by Gasteiger charge is -2.26. The summed E-state index contributed by atoms with van der Waals surface area (Å²) in [4.78, 5) is 23.1. The Morgan fingerprint density at radius 3 is 2.76 bits per heavy atom. The van der Waals surface area contributed by atoms with Crippen LogP contribution in [0.25, 0.3) is 0 Å². The van der Waals surface area contributed by atoms with E-state index in [2.05, 4.69) is 66.1 Å². The monoisotopic (exact) mass is 392 g/mol. The summed E-state index contributed by atoms with van der Waals surface area (Å²) < 4.78 is 5.58. The molecule has 1 amide bonds. The van der Waals surface area contributed by atoms with Crippen LogP contribution >= 0.6 is 0 Å². The Kier molecular flexibility index (Phi) is 6.77. The van der Waals surface area contributed by atoms with Crippen molar-refractivity contribution < 1.29 is 9.21 Å². The molecule has 152 valence electrons. The van der Waals surface area contributed by atoms with Crippen LogP contribution in [0.15, 0.2) is 53.4 Å². The number of carbonyl (C=O) groups excluding carboxylic acids is 1. The fourth-order valence-corrected chi connectivity index (χ4v) is 3.05. The zero-order valence-corrected chi connectivity index (χ0v) is 17.5. The third kappa shape index (κ3) is 5.74. The number of amides is 1. The molecule has 3 aromatic rings. The number of benzene rings is 1. The van der Waals surface area contributed by atoms with Crippen LogP contribution in [-0.4, -0.2) is 26.8 Å². The van der Waals surface area contributed by atoms with Crippen molar-refractivity contribution in [2.24, 2.45) is 0 Å². The number of pyridine rings is 1. The van der Waals surface area contributed by atoms with E-state index < -0.39 is 0 Å². The van der Waals surface area contributed by atoms with Crippen molar-refractivity contribution in [3.05, 3.63) is 82.8 Å². The zero-order chi connectivity index (χ0) is 20.8. The number of nitrogens with zero attached hydrogens (tertiary/aromatic N) is 3. The second kappa shape index (κ2) is 9.47. The van der Waals surface area contributed by atoms with E-state index in [4.69, 9.17) is 4.42 Å². The highest BCUT2D eigenvalue weighted by Gasteiger charge is 2.17. The van der Waals surface area contributed by atoms with E-state index in [1.165, 1.54) is 23.0 Å². The van der Waals surface area contributed by atoms with Crippen LogP contribution in [0, 0.1) is 13.8 Å². The lowest BCUT2D eigenvalue weighted by molar-refractivity contribution is 0.0945. The number of hydrogen-bond donors (Lipinski definition) is 1. The molecular formula is C23H28N4O2. The van der Waals surface area contributed by atoms with Gasteiger partial charge in [0, 0.05) is 31.5 Å². The van der Waals surface area contributed by atoms with E-state index >= 15 is 0 Å². The van der Waals surface area contributed by atoms with Gasteiger partial charge in [0.1, 0.15) is 6.26 Å². The molecule has 2 aromatic heterocycles. The average Bonchev–Trinajstić information content (AvgIpc) is 3.18. The van der Waals surface area contributed by atoms with Crippen LogP contribution in [-0.2, 0) is 19.6 Å². The molecule has 2 heterocycles. The number of oxazole rings is 1. The summed E-state index contributed by atoms with van der Waals surface area (Å²) >= 11 is 0. The van der Waals surface area contributed by atoms with Gasteiger partial charge >= 0.3 is 0 Å². The lowest BCUT2D eigenvalue weighted by Crippen LogP contribution is -2.30. The molecule has 29 heavy (non-hydrogen) atoms. The van der Waals surface area contributed by atoms with E-state index in [0.717, 1.165) is 12.1 Å². The average molecular weight is 393 g/mol. The fraction of sp³-hybridized carbons (Fsp3) is 0.348. The first kappa shape index (κ1) is 20.7. The maximum atomic E-state index is 12.4. The summed E-state index contributed by atoms with van der Waals surface area (Å²) in [6, 6.07) is 10.6. The van der Waals surface area contributed by atoms with Gasteiger partial charge in [0.15, 0.2) is 5.69 Å². The molecule has 1 aromatic carbocycles. The van der Waals surface area contributed by atoms with Crippen molar-refractivity contribution in [2.45, 2.75) is 53.4 Å². The molecule has 6 heteroatoms. The molecule has 0 aliphatic heterocycles. The molecule has 0 atom stereocenters. The summed E-state index contributed by atoms with van der Waals surface area (Å²) in [5, 5.41) is 2.84. The van der Waals surface area contributed by atoms with Gasteiger partial charge in [-0.25, -0.2) is 4.98 Å². The summed E-state index contributed by atoms with van der Waals surface area (Å²) in [6.07, 6.45) is 4.85. The van der Waals surface area contributed by atoms with Gasteiger partial charge in [0.25, 0.3) is 5.91 Å². The maximum Gasteiger partial charge on any atom is 0.273 e. The molecule has 0 radical (unpaired) electrons. The third-order valence-electron chi connectivity index (χ3n) is 4.91. The lowest BCUT2D eigenvalue weighted by atomic mass is 10.0. The largest absolute Gasteiger partial charge is 0.447 e. The van der Waals surface area contributed by atoms with Crippen LogP contribution in [0.4, 0.5) is 0 Å². The Morgan fingerprint density at radius 2 is 2.03 bits per heavy atom. The van der Waals surface area contributed by atoms with Gasteiger partial charge < -0.3 is 9.73 Å². The Hall–Kier alpha value is -2.99. The van der Waals surface area contributed by atoms with Crippen molar-refractivity contribution in [1.82, 2.24) is 20.2 Å². The minimum atomic E-state index is -0.255. The van der Waals surface area contributed by atoms with Crippen LogP contribution < -0.4 is 5.32 Å². The Bertz CT molecular complexity index is 951. The smallest absolute Gasteiger partial charge is 0.273 e. The minimum Gasteiger partial charge on any atom is -0.447 e. The van der Waals surface area contributed by atoms with Gasteiger partial charge in [-0.2, -0.15) is 0 Å². The SMILES string of the molecule is Cc1ccc(C)c(CN(Cc2nc(C(=O)NCc3cccnc3)co2)C(C)C)c1. The first-order chi connectivity index (χ1) is 13.9. The van der Waals surface area contributed by atoms with Crippen LogP contribution in [0.5, 0.6) is 0 Å². The van der Waals surface area contributed by atoms with Crippen molar-refractivity contribution in [3.63, 3.8) is 0 Å². The number of nitrogens with one attached hydrogen (secondary N) is 1. The second-order valence-corrected chi connectivity index (χ2v) is 7.60. The van der Waals surface area contributed by atoms with Crippen LogP contribution in [0.2, 0.25) is 0 Å². The molecule has 0 fully saturated rings. The molecule has 0 unspecified atom stereocenters. The van der Waals surface area contributed by atoms with Gasteiger partial charge in [-0.3, -0.25) is 14.7 Å². The van der Waals surface area contributed by atoms with Crippen molar-refractivity contribution in [3.8, 4) is 0 Å². The van der Waals surface area contributed by atoms with Gasteiger partial charge in [-0.05, 0) is 50.5 Å². The van der Waals surface area contributed by atoms with E-state index in [9.17, 15) is 4.79 Å². The number of aromatic nitrogens is 2. The van der Waals surface area contributed by atoms with Crippen molar-refractivity contribution in [1.29, 1.82) is 0 Å². The topological polar surface area (TPSA) is 71.3 Å². The van der Waals surface area contributed by atoms with Gasteiger partial charge in [0.05, 0.1) is 6.54 Å². The predicted molar refractivity (Wildman–Crippen MR) is 112 cm³/mol. The normalized spacial score (nSPS) is 11.2. The molecule has 0 bridgehead atoms. The zero-order valence-electron chi connectivity index (χ0n) is 17.5. The van der Waals surface area contributed by atoms with Gasteiger partial charge in [0.2, 0.25) is 5.89 Å². The minimum absolute atomic E-state index is 0.255. The predicted octanol–water partition coefficient (Wildman–Crippen LogP) is 4.03. The fourth-order valence-electron chi connectivity index (χ4n) is 3.05. The maximum absolute atomic E-state index is 12.4. The number of hydrogen-bond acceptors (Lipinski definition) is 5. The Balaban J connectivity index is 1.63. The molecule has 6 nitrogen and oxygen atoms in total. The molecule has 0 aliphatic carbocycles. The molecule has 0 saturated heterocycles. The first-order valence-corrected chi connectivity index (χ1v) is 9.84. The summed E-state index contributed by atoms with van der Waals surface area (Å²) in [5.74, 6) is 0.282. The van der Waals surface area contributed by atoms with E-state index in [1.54, 1.807) is 12.4 Å². The molecule has 0 spiro atoms. The van der Waals surface area contributed by atoms with E-state index in [1.807, 2.05) is 12.1 Å². The standard InChI is InChI=1S/C23H28N4O2/c1-16(2)27(13-20-10-17(3)7-8-18(20)4)14-22-26-21(15-29-22)23(28)25-12-19-6-5-9-24-11-19/h5-11,15-16H,12-14H2,1-4H3,(H,25,28). The molecule has 3 rings (SSSR count). The number of carbonyl (C=O) groups is 1. The van der Waals surface area contributed by atoms with E-state index in [0.29, 0.717) is 30.7 Å². The highest BCUT2D eigenvalue weighted by Crippen LogP contribution is 2.17. The van der Waals surface area contributed by atoms with Gasteiger partial charge in [-0.15, -0.1) is 0 Å². The first-order valence-electron chi connectivity index (χ1n) is 9.84. The van der Waals surface area contributed by atoms with Crippen LogP contribution in [0.3, 0.4) is 0 Å².